The van der Waals surface area contributed by atoms with Gasteiger partial charge in [0.1, 0.15) is 0 Å². The van der Waals surface area contributed by atoms with E-state index in [-0.39, 0.29) is 11.8 Å². The molecule has 3 heterocycles. The van der Waals surface area contributed by atoms with Crippen molar-refractivity contribution in [3.8, 4) is 0 Å². The van der Waals surface area contributed by atoms with Crippen LogP contribution in [0.3, 0.4) is 0 Å². The monoisotopic (exact) mass is 389 g/mol. The van der Waals surface area contributed by atoms with Crippen LogP contribution in [0.4, 0.5) is 0 Å². The number of thiophene rings is 1. The fraction of sp³-hybridized carbons (Fsp3) is 0.368. The second-order valence-electron chi connectivity index (χ2n) is 6.63. The van der Waals surface area contributed by atoms with E-state index < -0.39 is 0 Å². The van der Waals surface area contributed by atoms with Gasteiger partial charge in [0.25, 0.3) is 11.8 Å². The molecule has 26 heavy (non-hydrogen) atoms. The van der Waals surface area contributed by atoms with Gasteiger partial charge in [0.05, 0.1) is 15.5 Å². The van der Waals surface area contributed by atoms with Crippen LogP contribution in [-0.2, 0) is 6.54 Å². The van der Waals surface area contributed by atoms with Crippen molar-refractivity contribution in [1.29, 1.82) is 0 Å². The molecule has 1 aromatic heterocycles. The summed E-state index contributed by atoms with van der Waals surface area (Å²) in [5.74, 6) is -0.336. The van der Waals surface area contributed by atoms with Gasteiger partial charge < -0.3 is 0 Å². The van der Waals surface area contributed by atoms with Gasteiger partial charge in [-0.3, -0.25) is 24.3 Å². The standard InChI is InChI=1S/C19H20ClN3O2S/c20-17-6-5-14(26-17)13-22-9-7-21(8-10-22)11-12-23-18(24)15-3-1-2-4-16(15)19(23)25/h1-6H,7-13H2. The highest BCUT2D eigenvalue weighted by Gasteiger charge is 2.35. The molecule has 4 rings (SSSR count). The Morgan fingerprint density at radius 3 is 2.04 bits per heavy atom. The topological polar surface area (TPSA) is 43.9 Å². The van der Waals surface area contributed by atoms with E-state index in [2.05, 4.69) is 15.9 Å². The number of carbonyl (C=O) groups excluding carboxylic acids is 2. The lowest BCUT2D eigenvalue weighted by atomic mass is 10.1. The number of imide groups is 1. The van der Waals surface area contributed by atoms with Gasteiger partial charge in [-0.25, -0.2) is 0 Å². The van der Waals surface area contributed by atoms with Crippen LogP contribution >= 0.6 is 22.9 Å². The van der Waals surface area contributed by atoms with Crippen molar-refractivity contribution in [1.82, 2.24) is 14.7 Å². The summed E-state index contributed by atoms with van der Waals surface area (Å²) in [4.78, 5) is 32.2. The first kappa shape index (κ1) is 17.7. The minimum absolute atomic E-state index is 0.168. The summed E-state index contributed by atoms with van der Waals surface area (Å²) in [5, 5.41) is 0. The molecular formula is C19H20ClN3O2S. The van der Waals surface area contributed by atoms with Crippen molar-refractivity contribution >= 4 is 34.8 Å². The smallest absolute Gasteiger partial charge is 0.261 e. The number of fused-ring (bicyclic) bond motifs is 1. The fourth-order valence-electron chi connectivity index (χ4n) is 3.51. The maximum atomic E-state index is 12.4. The minimum Gasteiger partial charge on any atom is -0.299 e. The lowest BCUT2D eigenvalue weighted by Crippen LogP contribution is -2.48. The molecule has 136 valence electrons. The van der Waals surface area contributed by atoms with E-state index >= 15 is 0 Å². The van der Waals surface area contributed by atoms with Crippen LogP contribution in [0.1, 0.15) is 25.6 Å². The van der Waals surface area contributed by atoms with E-state index in [1.54, 1.807) is 35.6 Å². The first-order valence-corrected chi connectivity index (χ1v) is 9.95. The van der Waals surface area contributed by atoms with Crippen LogP contribution in [-0.4, -0.2) is 65.8 Å². The molecule has 0 saturated carbocycles. The molecule has 2 aliphatic heterocycles. The lowest BCUT2D eigenvalue weighted by Gasteiger charge is -2.35. The molecule has 1 saturated heterocycles. The summed E-state index contributed by atoms with van der Waals surface area (Å²) in [5.41, 5.74) is 1.05. The predicted molar refractivity (Wildman–Crippen MR) is 103 cm³/mol. The van der Waals surface area contributed by atoms with Crippen molar-refractivity contribution in [2.75, 3.05) is 39.3 Å². The number of nitrogens with zero attached hydrogens (tertiary/aromatic N) is 3. The SMILES string of the molecule is O=C1c2ccccc2C(=O)N1CCN1CCN(Cc2ccc(Cl)s2)CC1. The fourth-order valence-corrected chi connectivity index (χ4v) is 4.64. The van der Waals surface area contributed by atoms with E-state index in [0.29, 0.717) is 17.7 Å². The van der Waals surface area contributed by atoms with Crippen LogP contribution < -0.4 is 0 Å². The Morgan fingerprint density at radius 1 is 0.846 bits per heavy atom. The Balaban J connectivity index is 1.27. The molecule has 0 unspecified atom stereocenters. The largest absolute Gasteiger partial charge is 0.299 e. The first-order valence-electron chi connectivity index (χ1n) is 8.76. The van der Waals surface area contributed by atoms with Crippen LogP contribution in [0, 0.1) is 0 Å². The maximum absolute atomic E-state index is 12.4. The third kappa shape index (κ3) is 3.55. The average molecular weight is 390 g/mol. The molecule has 0 N–H and O–H groups in total. The molecule has 0 bridgehead atoms. The number of benzene rings is 1. The molecule has 5 nitrogen and oxygen atoms in total. The molecule has 1 fully saturated rings. The molecule has 0 aliphatic carbocycles. The molecule has 0 radical (unpaired) electrons. The Labute approximate surface area is 161 Å². The highest BCUT2D eigenvalue weighted by atomic mass is 35.5. The number of rotatable bonds is 5. The number of hydrogen-bond acceptors (Lipinski definition) is 5. The summed E-state index contributed by atoms with van der Waals surface area (Å²) in [7, 11) is 0. The number of hydrogen-bond donors (Lipinski definition) is 0. The van der Waals surface area contributed by atoms with E-state index in [4.69, 9.17) is 11.6 Å². The molecule has 2 aromatic rings. The number of halogens is 1. The third-order valence-electron chi connectivity index (χ3n) is 4.99. The lowest BCUT2D eigenvalue weighted by molar-refractivity contribution is 0.0613. The summed E-state index contributed by atoms with van der Waals surface area (Å²) < 4.78 is 0.833. The Bertz CT molecular complexity index is 795. The Hall–Kier alpha value is -1.73. The zero-order valence-corrected chi connectivity index (χ0v) is 15.9. The average Bonchev–Trinajstić information content (AvgIpc) is 3.17. The van der Waals surface area contributed by atoms with Gasteiger partial charge in [0.2, 0.25) is 0 Å². The molecule has 1 aromatic carbocycles. The summed E-state index contributed by atoms with van der Waals surface area (Å²) in [6, 6.07) is 11.1. The van der Waals surface area contributed by atoms with Crippen molar-refractivity contribution in [3.05, 3.63) is 56.7 Å². The van der Waals surface area contributed by atoms with Crippen LogP contribution in [0.2, 0.25) is 4.34 Å². The molecule has 7 heteroatoms. The van der Waals surface area contributed by atoms with Gasteiger partial charge in [0.15, 0.2) is 0 Å². The second kappa shape index (κ2) is 7.48. The normalized spacial score (nSPS) is 18.6. The van der Waals surface area contributed by atoms with Crippen molar-refractivity contribution in [2.45, 2.75) is 6.54 Å². The molecule has 2 amide bonds. The van der Waals surface area contributed by atoms with E-state index in [1.807, 2.05) is 6.07 Å². The number of amides is 2. The van der Waals surface area contributed by atoms with Gasteiger partial charge >= 0.3 is 0 Å². The van der Waals surface area contributed by atoms with Crippen LogP contribution in [0.15, 0.2) is 36.4 Å². The minimum atomic E-state index is -0.168. The van der Waals surface area contributed by atoms with Gasteiger partial charge in [-0.05, 0) is 24.3 Å². The van der Waals surface area contributed by atoms with E-state index in [0.717, 1.165) is 43.6 Å². The number of carbonyl (C=O) groups is 2. The van der Waals surface area contributed by atoms with E-state index in [1.165, 1.54) is 9.78 Å². The molecule has 2 aliphatic rings. The molecule has 0 spiro atoms. The van der Waals surface area contributed by atoms with Crippen molar-refractivity contribution in [3.63, 3.8) is 0 Å². The Morgan fingerprint density at radius 2 is 1.46 bits per heavy atom. The highest BCUT2D eigenvalue weighted by Crippen LogP contribution is 2.24. The number of piperazine rings is 1. The zero-order valence-electron chi connectivity index (χ0n) is 14.4. The van der Waals surface area contributed by atoms with Crippen molar-refractivity contribution < 1.29 is 9.59 Å². The highest BCUT2D eigenvalue weighted by molar-refractivity contribution is 7.16. The summed E-state index contributed by atoms with van der Waals surface area (Å²) >= 11 is 7.63. The third-order valence-corrected chi connectivity index (χ3v) is 6.21. The van der Waals surface area contributed by atoms with Gasteiger partial charge in [-0.15, -0.1) is 11.3 Å². The van der Waals surface area contributed by atoms with E-state index in [9.17, 15) is 9.59 Å². The summed E-state index contributed by atoms with van der Waals surface area (Å²) in [6.07, 6.45) is 0. The van der Waals surface area contributed by atoms with Crippen molar-refractivity contribution in [2.24, 2.45) is 0 Å². The summed E-state index contributed by atoms with van der Waals surface area (Å²) in [6.45, 7) is 5.97. The van der Waals surface area contributed by atoms with Crippen LogP contribution in [0.5, 0.6) is 0 Å². The Kier molecular flexibility index (Phi) is 5.09. The maximum Gasteiger partial charge on any atom is 0.261 e. The molecule has 0 atom stereocenters. The first-order chi connectivity index (χ1) is 12.6. The van der Waals surface area contributed by atoms with Gasteiger partial charge in [-0.2, -0.15) is 0 Å². The second-order valence-corrected chi connectivity index (χ2v) is 8.43. The zero-order chi connectivity index (χ0) is 18.1. The quantitative estimate of drug-likeness (QED) is 0.737. The van der Waals surface area contributed by atoms with Crippen LogP contribution in [0.25, 0.3) is 0 Å². The predicted octanol–water partition coefficient (Wildman–Crippen LogP) is 2.82. The van der Waals surface area contributed by atoms with Gasteiger partial charge in [0, 0.05) is 50.7 Å². The molecular weight excluding hydrogens is 370 g/mol. The van der Waals surface area contributed by atoms with Gasteiger partial charge in [-0.1, -0.05) is 23.7 Å².